The van der Waals surface area contributed by atoms with Gasteiger partial charge in [-0.1, -0.05) is 0 Å². The Hall–Kier alpha value is -0.900. The molecule has 1 saturated carbocycles. The molecular formula is C9H13FN2O. The summed E-state index contributed by atoms with van der Waals surface area (Å²) in [5.74, 6) is 0.663. The molecule has 1 aliphatic carbocycles. The van der Waals surface area contributed by atoms with Crippen molar-refractivity contribution < 1.29 is 9.50 Å². The summed E-state index contributed by atoms with van der Waals surface area (Å²) in [4.78, 5) is 0. The van der Waals surface area contributed by atoms with Crippen LogP contribution in [0.25, 0.3) is 0 Å². The number of aromatic nitrogens is 2. The maximum absolute atomic E-state index is 12.0. The quantitative estimate of drug-likeness (QED) is 0.760. The normalized spacial score (nSPS) is 18.9. The first-order valence-corrected chi connectivity index (χ1v) is 4.56. The fourth-order valence-corrected chi connectivity index (χ4v) is 1.37. The van der Waals surface area contributed by atoms with Gasteiger partial charge in [-0.05, 0) is 24.3 Å². The predicted octanol–water partition coefficient (Wildman–Crippen LogP) is 1.09. The molecule has 13 heavy (non-hydrogen) atoms. The second-order valence-electron chi connectivity index (χ2n) is 3.58. The van der Waals surface area contributed by atoms with Crippen molar-refractivity contribution in [2.45, 2.75) is 31.4 Å². The lowest BCUT2D eigenvalue weighted by molar-refractivity contribution is 0.118. The van der Waals surface area contributed by atoms with Gasteiger partial charge in [-0.15, -0.1) is 0 Å². The number of rotatable bonds is 4. The fourth-order valence-electron chi connectivity index (χ4n) is 1.37. The number of nitrogens with zero attached hydrogens (tertiary/aromatic N) is 2. The molecule has 2 rings (SSSR count). The molecule has 0 bridgehead atoms. The summed E-state index contributed by atoms with van der Waals surface area (Å²) in [6, 6.07) is 0. The minimum absolute atomic E-state index is 0.253. The number of aliphatic hydroxyl groups excluding tert-OH is 1. The van der Waals surface area contributed by atoms with Crippen LogP contribution in [0.5, 0.6) is 0 Å². The molecule has 0 spiro atoms. The summed E-state index contributed by atoms with van der Waals surface area (Å²) in [5, 5.41) is 13.1. The Morgan fingerprint density at radius 3 is 3.08 bits per heavy atom. The van der Waals surface area contributed by atoms with Crippen molar-refractivity contribution in [1.29, 1.82) is 0 Å². The Morgan fingerprint density at radius 1 is 1.69 bits per heavy atom. The summed E-state index contributed by atoms with van der Waals surface area (Å²) >= 11 is 0. The van der Waals surface area contributed by atoms with Gasteiger partial charge in [0, 0.05) is 6.20 Å². The molecule has 1 aromatic heterocycles. The molecule has 1 heterocycles. The van der Waals surface area contributed by atoms with Crippen LogP contribution in [0.4, 0.5) is 4.39 Å². The maximum Gasteiger partial charge on any atom is 0.117 e. The van der Waals surface area contributed by atoms with Gasteiger partial charge in [0.25, 0.3) is 0 Å². The minimum Gasteiger partial charge on any atom is -0.388 e. The van der Waals surface area contributed by atoms with Crippen LogP contribution in [0.15, 0.2) is 12.4 Å². The van der Waals surface area contributed by atoms with Gasteiger partial charge in [-0.3, -0.25) is 4.68 Å². The van der Waals surface area contributed by atoms with E-state index in [9.17, 15) is 4.39 Å². The van der Waals surface area contributed by atoms with E-state index in [1.165, 1.54) is 18.4 Å². The molecule has 1 fully saturated rings. The van der Waals surface area contributed by atoms with Crippen molar-refractivity contribution in [3.63, 3.8) is 0 Å². The highest BCUT2D eigenvalue weighted by Crippen LogP contribution is 2.39. The summed E-state index contributed by atoms with van der Waals surface area (Å²) < 4.78 is 13.6. The van der Waals surface area contributed by atoms with Gasteiger partial charge < -0.3 is 5.11 Å². The van der Waals surface area contributed by atoms with Crippen molar-refractivity contribution in [3.8, 4) is 0 Å². The van der Waals surface area contributed by atoms with Gasteiger partial charge in [0.15, 0.2) is 0 Å². The zero-order valence-corrected chi connectivity index (χ0v) is 7.36. The monoisotopic (exact) mass is 184 g/mol. The Balaban J connectivity index is 1.96. The van der Waals surface area contributed by atoms with Gasteiger partial charge in [-0.25, -0.2) is 4.39 Å². The van der Waals surface area contributed by atoms with E-state index in [-0.39, 0.29) is 6.54 Å². The van der Waals surface area contributed by atoms with Crippen molar-refractivity contribution in [1.82, 2.24) is 9.78 Å². The summed E-state index contributed by atoms with van der Waals surface area (Å²) in [6.45, 7) is -0.457. The van der Waals surface area contributed by atoms with E-state index in [0.29, 0.717) is 5.92 Å². The molecule has 0 saturated heterocycles. The van der Waals surface area contributed by atoms with Crippen molar-refractivity contribution in [2.24, 2.45) is 0 Å². The average Bonchev–Trinajstić information content (AvgIpc) is 2.88. The molecule has 1 aliphatic rings. The maximum atomic E-state index is 12.0. The highest BCUT2D eigenvalue weighted by atomic mass is 19.1. The van der Waals surface area contributed by atoms with Gasteiger partial charge >= 0.3 is 0 Å². The zero-order chi connectivity index (χ0) is 9.26. The first-order valence-electron chi connectivity index (χ1n) is 4.56. The van der Waals surface area contributed by atoms with Crippen LogP contribution in [0.2, 0.25) is 0 Å². The Bertz CT molecular complexity index is 283. The van der Waals surface area contributed by atoms with Gasteiger partial charge in [-0.2, -0.15) is 5.10 Å². The summed E-state index contributed by atoms with van der Waals surface area (Å²) in [7, 11) is 0. The number of aliphatic hydroxyl groups is 1. The van der Waals surface area contributed by atoms with E-state index >= 15 is 0 Å². The van der Waals surface area contributed by atoms with Crippen LogP contribution in [0, 0.1) is 0 Å². The molecule has 0 aliphatic heterocycles. The largest absolute Gasteiger partial charge is 0.388 e. The molecule has 1 atom stereocenters. The number of alkyl halides is 1. The number of halogens is 1. The zero-order valence-electron chi connectivity index (χ0n) is 7.36. The smallest absolute Gasteiger partial charge is 0.117 e. The molecular weight excluding hydrogens is 171 g/mol. The first-order chi connectivity index (χ1) is 6.29. The van der Waals surface area contributed by atoms with E-state index < -0.39 is 12.8 Å². The standard InChI is InChI=1S/C9H13FN2O/c10-3-9(13)6-12-5-8(4-11-12)7-1-2-7/h4-5,7,9,13H,1-3,6H2. The molecule has 0 amide bonds. The lowest BCUT2D eigenvalue weighted by Gasteiger charge is -2.04. The summed E-state index contributed by atoms with van der Waals surface area (Å²) in [5.41, 5.74) is 1.21. The van der Waals surface area contributed by atoms with Crippen LogP contribution in [0.3, 0.4) is 0 Å². The Kier molecular flexibility index (Phi) is 2.31. The van der Waals surface area contributed by atoms with Gasteiger partial charge in [0.2, 0.25) is 0 Å². The second-order valence-corrected chi connectivity index (χ2v) is 3.58. The Labute approximate surface area is 76.2 Å². The fraction of sp³-hybridized carbons (Fsp3) is 0.667. The van der Waals surface area contributed by atoms with Crippen LogP contribution in [-0.2, 0) is 6.54 Å². The van der Waals surface area contributed by atoms with Crippen LogP contribution in [-0.4, -0.2) is 27.7 Å². The number of hydrogen-bond donors (Lipinski definition) is 1. The molecule has 4 heteroatoms. The second kappa shape index (κ2) is 3.46. The lowest BCUT2D eigenvalue weighted by Crippen LogP contribution is -2.17. The van der Waals surface area contributed by atoms with Crippen molar-refractivity contribution in [3.05, 3.63) is 18.0 Å². The third-order valence-corrected chi connectivity index (χ3v) is 2.28. The third kappa shape index (κ3) is 2.06. The van der Waals surface area contributed by atoms with Gasteiger partial charge in [0.05, 0.1) is 12.7 Å². The molecule has 1 N–H and O–H groups in total. The molecule has 0 radical (unpaired) electrons. The predicted molar refractivity (Wildman–Crippen MR) is 46.2 cm³/mol. The number of hydrogen-bond acceptors (Lipinski definition) is 2. The van der Waals surface area contributed by atoms with Crippen molar-refractivity contribution >= 4 is 0 Å². The van der Waals surface area contributed by atoms with E-state index in [4.69, 9.17) is 5.11 Å². The highest BCUT2D eigenvalue weighted by Gasteiger charge is 2.24. The molecule has 72 valence electrons. The van der Waals surface area contributed by atoms with E-state index in [0.717, 1.165) is 0 Å². The molecule has 3 nitrogen and oxygen atoms in total. The highest BCUT2D eigenvalue weighted by molar-refractivity contribution is 5.16. The minimum atomic E-state index is -0.924. The average molecular weight is 184 g/mol. The Morgan fingerprint density at radius 2 is 2.46 bits per heavy atom. The third-order valence-electron chi connectivity index (χ3n) is 2.28. The van der Waals surface area contributed by atoms with Crippen LogP contribution >= 0.6 is 0 Å². The lowest BCUT2D eigenvalue weighted by atomic mass is 10.2. The van der Waals surface area contributed by atoms with Crippen LogP contribution in [0.1, 0.15) is 24.3 Å². The van der Waals surface area contributed by atoms with E-state index in [1.54, 1.807) is 4.68 Å². The first kappa shape index (κ1) is 8.69. The van der Waals surface area contributed by atoms with E-state index in [1.807, 2.05) is 12.4 Å². The molecule has 1 unspecified atom stereocenters. The molecule has 0 aromatic carbocycles. The summed E-state index contributed by atoms with van der Waals surface area (Å²) in [6.07, 6.45) is 5.25. The van der Waals surface area contributed by atoms with Crippen LogP contribution < -0.4 is 0 Å². The van der Waals surface area contributed by atoms with E-state index in [2.05, 4.69) is 5.10 Å². The van der Waals surface area contributed by atoms with Crippen molar-refractivity contribution in [2.75, 3.05) is 6.67 Å². The topological polar surface area (TPSA) is 38.0 Å². The van der Waals surface area contributed by atoms with Gasteiger partial charge in [0.1, 0.15) is 12.8 Å². The SMILES string of the molecule is OC(CF)Cn1cc(C2CC2)cn1. The molecule has 1 aromatic rings.